The van der Waals surface area contributed by atoms with Crippen LogP contribution in [0.15, 0.2) is 36.4 Å². The van der Waals surface area contributed by atoms with Crippen molar-refractivity contribution in [2.24, 2.45) is 0 Å². The highest BCUT2D eigenvalue weighted by Gasteiger charge is 2.15. The van der Waals surface area contributed by atoms with Gasteiger partial charge in [0.25, 0.3) is 5.91 Å². The number of ether oxygens (including phenoxy) is 3. The number of hydrogen-bond acceptors (Lipinski definition) is 5. The molecule has 144 valence electrons. The maximum absolute atomic E-state index is 12.6. The van der Waals surface area contributed by atoms with E-state index < -0.39 is 0 Å². The van der Waals surface area contributed by atoms with Crippen molar-refractivity contribution >= 4 is 40.1 Å². The fraction of sp³-hybridized carbons (Fsp3) is 0.263. The number of carbonyl (C=O) groups is 2. The second kappa shape index (κ2) is 10.1. The van der Waals surface area contributed by atoms with Crippen LogP contribution in [0.3, 0.4) is 0 Å². The number of methoxy groups -OCH3 is 3. The summed E-state index contributed by atoms with van der Waals surface area (Å²) in [6, 6.07) is 10.6. The second-order valence-electron chi connectivity index (χ2n) is 5.55. The van der Waals surface area contributed by atoms with Gasteiger partial charge in [0.1, 0.15) is 6.61 Å². The Morgan fingerprint density at radius 1 is 1.04 bits per heavy atom. The molecule has 27 heavy (non-hydrogen) atoms. The molecule has 2 amide bonds. The molecule has 7 nitrogen and oxygen atoms in total. The van der Waals surface area contributed by atoms with Crippen LogP contribution in [0.2, 0.25) is 0 Å². The zero-order valence-electron chi connectivity index (χ0n) is 15.3. The van der Waals surface area contributed by atoms with Gasteiger partial charge in [0.2, 0.25) is 5.91 Å². The second-order valence-corrected chi connectivity index (χ2v) is 6.71. The summed E-state index contributed by atoms with van der Waals surface area (Å²) in [6.45, 7) is 0.302. The zero-order chi connectivity index (χ0) is 19.8. The first-order valence-corrected chi connectivity index (χ1v) is 9.13. The summed E-state index contributed by atoms with van der Waals surface area (Å²) in [5.74, 6) is 0.594. The number of amides is 2. The summed E-state index contributed by atoms with van der Waals surface area (Å²) in [5, 5.41) is 5.60. The van der Waals surface area contributed by atoms with Gasteiger partial charge in [-0.2, -0.15) is 0 Å². The lowest BCUT2D eigenvalue weighted by atomic mass is 10.1. The predicted octanol–water partition coefficient (Wildman–Crippen LogP) is 2.82. The molecule has 2 aromatic carbocycles. The van der Waals surface area contributed by atoms with Crippen molar-refractivity contribution in [3.63, 3.8) is 0 Å². The number of hydrogen-bond donors (Lipinski definition) is 2. The Balaban J connectivity index is 2.06. The minimum absolute atomic E-state index is 0.0152. The van der Waals surface area contributed by atoms with Crippen LogP contribution >= 0.6 is 22.6 Å². The fourth-order valence-corrected chi connectivity index (χ4v) is 3.08. The van der Waals surface area contributed by atoms with Gasteiger partial charge >= 0.3 is 0 Å². The molecule has 2 N–H and O–H groups in total. The smallest absolute Gasteiger partial charge is 0.252 e. The van der Waals surface area contributed by atoms with Crippen molar-refractivity contribution in [2.45, 2.75) is 6.54 Å². The number of rotatable bonds is 8. The summed E-state index contributed by atoms with van der Waals surface area (Å²) in [6.07, 6.45) is 0. The summed E-state index contributed by atoms with van der Waals surface area (Å²) in [7, 11) is 4.53. The van der Waals surface area contributed by atoms with E-state index in [0.29, 0.717) is 29.3 Å². The highest BCUT2D eigenvalue weighted by molar-refractivity contribution is 14.1. The van der Waals surface area contributed by atoms with Crippen LogP contribution in [-0.4, -0.2) is 39.8 Å². The molecule has 0 radical (unpaired) electrons. The normalized spacial score (nSPS) is 10.2. The molecule has 0 aliphatic carbocycles. The van der Waals surface area contributed by atoms with Gasteiger partial charge in [-0.1, -0.05) is 12.1 Å². The van der Waals surface area contributed by atoms with Gasteiger partial charge in [0, 0.05) is 22.9 Å². The van der Waals surface area contributed by atoms with E-state index in [4.69, 9.17) is 14.2 Å². The average molecular weight is 484 g/mol. The number of nitrogens with one attached hydrogen (secondary N) is 2. The number of carbonyl (C=O) groups excluding carboxylic acids is 2. The number of anilines is 1. The molecule has 0 unspecified atom stereocenters. The molecule has 0 spiro atoms. The Bertz CT molecular complexity index is 826. The molecule has 0 bridgehead atoms. The molecular formula is C19H21IN2O5. The fourth-order valence-electron chi connectivity index (χ4n) is 2.39. The average Bonchev–Trinajstić information content (AvgIpc) is 2.66. The highest BCUT2D eigenvalue weighted by atomic mass is 127. The molecule has 8 heteroatoms. The van der Waals surface area contributed by atoms with E-state index in [2.05, 4.69) is 33.2 Å². The molecular weight excluding hydrogens is 463 g/mol. The van der Waals surface area contributed by atoms with Gasteiger partial charge in [0.05, 0.1) is 19.8 Å². The van der Waals surface area contributed by atoms with Crippen molar-refractivity contribution in [3.05, 3.63) is 51.1 Å². The number of benzene rings is 2. The van der Waals surface area contributed by atoms with Crippen molar-refractivity contribution in [3.8, 4) is 11.5 Å². The lowest BCUT2D eigenvalue weighted by molar-refractivity contribution is -0.119. The van der Waals surface area contributed by atoms with Gasteiger partial charge in [0.15, 0.2) is 11.5 Å². The zero-order valence-corrected chi connectivity index (χ0v) is 17.5. The summed E-state index contributed by atoms with van der Waals surface area (Å²) in [4.78, 5) is 24.2. The lowest BCUT2D eigenvalue weighted by Crippen LogP contribution is -2.24. The summed E-state index contributed by atoms with van der Waals surface area (Å²) >= 11 is 2.08. The Morgan fingerprint density at radius 3 is 2.41 bits per heavy atom. The quantitative estimate of drug-likeness (QED) is 0.563. The molecule has 0 aliphatic heterocycles. The summed E-state index contributed by atoms with van der Waals surface area (Å²) < 4.78 is 16.0. The van der Waals surface area contributed by atoms with E-state index in [9.17, 15) is 9.59 Å². The Morgan fingerprint density at radius 2 is 1.74 bits per heavy atom. The third-order valence-electron chi connectivity index (χ3n) is 3.66. The first-order chi connectivity index (χ1) is 13.0. The standard InChI is InChI=1S/C19H21IN2O5/c1-25-11-18(23)22-13-6-4-5-12(7-13)10-21-19(24)14-8-16(26-2)17(27-3)9-15(14)20/h4-9H,10-11H2,1-3H3,(H,21,24)(H,22,23). The molecule has 0 saturated heterocycles. The van der Waals surface area contributed by atoms with Crippen LogP contribution in [0.4, 0.5) is 5.69 Å². The van der Waals surface area contributed by atoms with Crippen molar-refractivity contribution in [2.75, 3.05) is 33.3 Å². The Labute approximate surface area is 171 Å². The molecule has 0 aliphatic rings. The lowest BCUT2D eigenvalue weighted by Gasteiger charge is -2.12. The molecule has 2 aromatic rings. The summed E-state index contributed by atoms with van der Waals surface area (Å²) in [5.41, 5.74) is 2.00. The number of halogens is 1. The predicted molar refractivity (Wildman–Crippen MR) is 110 cm³/mol. The Hall–Kier alpha value is -2.33. The minimum atomic E-state index is -0.237. The first kappa shape index (κ1) is 21.0. The van der Waals surface area contributed by atoms with Crippen molar-refractivity contribution in [1.29, 1.82) is 0 Å². The van der Waals surface area contributed by atoms with Gasteiger partial charge in [-0.05, 0) is 52.4 Å². The van der Waals surface area contributed by atoms with Gasteiger partial charge in [-0.15, -0.1) is 0 Å². The van der Waals surface area contributed by atoms with Crippen LogP contribution in [0.1, 0.15) is 15.9 Å². The van der Waals surface area contributed by atoms with Crippen LogP contribution in [0.5, 0.6) is 11.5 Å². The Kier molecular flexibility index (Phi) is 7.86. The van der Waals surface area contributed by atoms with Crippen LogP contribution in [0, 0.1) is 3.57 Å². The van der Waals surface area contributed by atoms with Crippen LogP contribution in [-0.2, 0) is 16.1 Å². The van der Waals surface area contributed by atoms with Gasteiger partial charge < -0.3 is 24.8 Å². The highest BCUT2D eigenvalue weighted by Crippen LogP contribution is 2.31. The maximum Gasteiger partial charge on any atom is 0.252 e. The van der Waals surface area contributed by atoms with Crippen LogP contribution < -0.4 is 20.1 Å². The molecule has 0 aromatic heterocycles. The van der Waals surface area contributed by atoms with Crippen LogP contribution in [0.25, 0.3) is 0 Å². The van der Waals surface area contributed by atoms with Gasteiger partial charge in [-0.3, -0.25) is 9.59 Å². The third kappa shape index (κ3) is 5.83. The van der Waals surface area contributed by atoms with Crippen molar-refractivity contribution < 1.29 is 23.8 Å². The van der Waals surface area contributed by atoms with Gasteiger partial charge in [-0.25, -0.2) is 0 Å². The molecule has 0 heterocycles. The molecule has 0 saturated carbocycles. The molecule has 0 fully saturated rings. The van der Waals surface area contributed by atoms with E-state index in [0.717, 1.165) is 9.13 Å². The van der Waals surface area contributed by atoms with E-state index >= 15 is 0 Å². The largest absolute Gasteiger partial charge is 0.493 e. The van der Waals surface area contributed by atoms with E-state index in [1.54, 1.807) is 31.4 Å². The van der Waals surface area contributed by atoms with Crippen molar-refractivity contribution in [1.82, 2.24) is 5.32 Å². The topological polar surface area (TPSA) is 85.9 Å². The third-order valence-corrected chi connectivity index (χ3v) is 4.55. The molecule has 0 atom stereocenters. The van der Waals surface area contributed by atoms with E-state index in [1.807, 2.05) is 12.1 Å². The monoisotopic (exact) mass is 484 g/mol. The van der Waals surface area contributed by atoms with E-state index in [-0.39, 0.29) is 18.4 Å². The first-order valence-electron chi connectivity index (χ1n) is 8.06. The minimum Gasteiger partial charge on any atom is -0.493 e. The SMILES string of the molecule is COCC(=O)Nc1cccc(CNC(=O)c2cc(OC)c(OC)cc2I)c1. The maximum atomic E-state index is 12.6. The van der Waals surface area contributed by atoms with E-state index in [1.165, 1.54) is 14.2 Å². The molecule has 2 rings (SSSR count).